The molecule has 1 heterocycles. The first-order valence-electron chi connectivity index (χ1n) is 5.81. The second-order valence-electron chi connectivity index (χ2n) is 4.74. The van der Waals surface area contributed by atoms with Crippen molar-refractivity contribution >= 4 is 10.0 Å². The molecule has 0 radical (unpaired) electrons. The molecule has 0 bridgehead atoms. The van der Waals surface area contributed by atoms with Crippen molar-refractivity contribution in [3.63, 3.8) is 0 Å². The van der Waals surface area contributed by atoms with Crippen LogP contribution in [0.2, 0.25) is 0 Å². The zero-order chi connectivity index (χ0) is 10.9. The molecule has 15 heavy (non-hydrogen) atoms. The molecule has 0 spiro atoms. The molecule has 2 fully saturated rings. The Bertz CT molecular complexity index is 305. The molecule has 1 aliphatic carbocycles. The van der Waals surface area contributed by atoms with E-state index < -0.39 is 10.0 Å². The van der Waals surface area contributed by atoms with E-state index in [2.05, 4.69) is 10.0 Å². The van der Waals surface area contributed by atoms with Crippen LogP contribution in [0.4, 0.5) is 0 Å². The zero-order valence-electron chi connectivity index (χ0n) is 9.20. The van der Waals surface area contributed by atoms with Crippen LogP contribution in [0.1, 0.15) is 32.6 Å². The first-order valence-corrected chi connectivity index (χ1v) is 7.36. The predicted molar refractivity (Wildman–Crippen MR) is 60.1 cm³/mol. The van der Waals surface area contributed by atoms with Crippen LogP contribution < -0.4 is 10.0 Å². The molecule has 0 amide bonds. The van der Waals surface area contributed by atoms with Crippen LogP contribution in [0, 0.1) is 5.92 Å². The van der Waals surface area contributed by atoms with Crippen molar-refractivity contribution in [2.45, 2.75) is 43.9 Å². The van der Waals surface area contributed by atoms with Gasteiger partial charge >= 0.3 is 0 Å². The summed E-state index contributed by atoms with van der Waals surface area (Å²) < 4.78 is 26.3. The average Bonchev–Trinajstić information content (AvgIpc) is 3.01. The Kier molecular flexibility index (Phi) is 3.33. The zero-order valence-corrected chi connectivity index (χ0v) is 10.0. The third-order valence-electron chi connectivity index (χ3n) is 3.40. The van der Waals surface area contributed by atoms with Crippen LogP contribution in [0.3, 0.4) is 0 Å². The summed E-state index contributed by atoms with van der Waals surface area (Å²) in [7, 11) is -3.01. The molecule has 1 unspecified atom stereocenters. The topological polar surface area (TPSA) is 58.2 Å². The Morgan fingerprint density at radius 3 is 2.33 bits per heavy atom. The molecule has 0 aromatic heterocycles. The molecule has 0 aromatic carbocycles. The average molecular weight is 232 g/mol. The Morgan fingerprint density at radius 1 is 1.20 bits per heavy atom. The molecule has 1 aliphatic heterocycles. The molecular weight excluding hydrogens is 212 g/mol. The molecule has 1 saturated heterocycles. The SMILES string of the molecule is CC(NS(=O)(=O)C1CC1)C1CCNCC1. The second-order valence-corrected chi connectivity index (χ2v) is 6.73. The highest BCUT2D eigenvalue weighted by molar-refractivity contribution is 7.90. The highest BCUT2D eigenvalue weighted by atomic mass is 32.2. The monoisotopic (exact) mass is 232 g/mol. The van der Waals surface area contributed by atoms with Gasteiger partial charge in [0.05, 0.1) is 5.25 Å². The number of hydrogen-bond acceptors (Lipinski definition) is 3. The van der Waals surface area contributed by atoms with Gasteiger partial charge in [0.25, 0.3) is 0 Å². The van der Waals surface area contributed by atoms with Gasteiger partial charge in [-0.2, -0.15) is 0 Å². The third kappa shape index (κ3) is 2.92. The van der Waals surface area contributed by atoms with Gasteiger partial charge in [0.2, 0.25) is 10.0 Å². The summed E-state index contributed by atoms with van der Waals surface area (Å²) in [6.45, 7) is 4.02. The van der Waals surface area contributed by atoms with Gasteiger partial charge < -0.3 is 5.32 Å². The van der Waals surface area contributed by atoms with Gasteiger partial charge in [0, 0.05) is 6.04 Å². The van der Waals surface area contributed by atoms with Crippen molar-refractivity contribution in [1.82, 2.24) is 10.0 Å². The maximum atomic E-state index is 11.7. The fourth-order valence-corrected chi connectivity index (χ4v) is 3.83. The molecule has 2 rings (SSSR count). The van der Waals surface area contributed by atoms with Gasteiger partial charge in [-0.05, 0) is 51.6 Å². The fraction of sp³-hybridized carbons (Fsp3) is 1.00. The standard InChI is InChI=1S/C10H20N2O2S/c1-8(9-4-6-11-7-5-9)12-15(13,14)10-2-3-10/h8-12H,2-7H2,1H3. The number of hydrogen-bond donors (Lipinski definition) is 2. The minimum atomic E-state index is -3.01. The van der Waals surface area contributed by atoms with E-state index in [0.29, 0.717) is 5.92 Å². The summed E-state index contributed by atoms with van der Waals surface area (Å²) in [5.74, 6) is 0.500. The van der Waals surface area contributed by atoms with E-state index in [1.807, 2.05) is 6.92 Å². The molecule has 2 aliphatic rings. The van der Waals surface area contributed by atoms with Crippen molar-refractivity contribution in [2.24, 2.45) is 5.92 Å². The highest BCUT2D eigenvalue weighted by Crippen LogP contribution is 2.28. The van der Waals surface area contributed by atoms with Gasteiger partial charge in [-0.3, -0.25) is 0 Å². The van der Waals surface area contributed by atoms with E-state index in [1.165, 1.54) is 0 Å². The lowest BCUT2D eigenvalue weighted by molar-refractivity contribution is 0.316. The minimum Gasteiger partial charge on any atom is -0.317 e. The molecule has 2 N–H and O–H groups in total. The lowest BCUT2D eigenvalue weighted by atomic mass is 9.92. The van der Waals surface area contributed by atoms with Crippen molar-refractivity contribution in [1.29, 1.82) is 0 Å². The van der Waals surface area contributed by atoms with Crippen LogP contribution in [0.25, 0.3) is 0 Å². The number of nitrogens with one attached hydrogen (secondary N) is 2. The van der Waals surface area contributed by atoms with E-state index in [0.717, 1.165) is 38.8 Å². The Balaban J connectivity index is 1.87. The summed E-state index contributed by atoms with van der Waals surface area (Å²) in [5, 5.41) is 3.19. The number of sulfonamides is 1. The van der Waals surface area contributed by atoms with Crippen LogP contribution in [0.5, 0.6) is 0 Å². The van der Waals surface area contributed by atoms with Crippen molar-refractivity contribution in [2.75, 3.05) is 13.1 Å². The first-order chi connectivity index (χ1) is 7.09. The smallest absolute Gasteiger partial charge is 0.214 e. The van der Waals surface area contributed by atoms with Crippen LogP contribution in [-0.2, 0) is 10.0 Å². The van der Waals surface area contributed by atoms with E-state index >= 15 is 0 Å². The van der Waals surface area contributed by atoms with Gasteiger partial charge in [-0.15, -0.1) is 0 Å². The first kappa shape index (κ1) is 11.4. The van der Waals surface area contributed by atoms with Crippen LogP contribution in [-0.4, -0.2) is 32.8 Å². The third-order valence-corrected chi connectivity index (χ3v) is 5.45. The minimum absolute atomic E-state index is 0.0951. The highest BCUT2D eigenvalue weighted by Gasteiger charge is 2.37. The maximum absolute atomic E-state index is 11.7. The van der Waals surface area contributed by atoms with Crippen molar-refractivity contribution in [3.05, 3.63) is 0 Å². The summed E-state index contributed by atoms with van der Waals surface area (Å²) in [5.41, 5.74) is 0. The van der Waals surface area contributed by atoms with Gasteiger partial charge in [-0.1, -0.05) is 0 Å². The summed E-state index contributed by atoms with van der Waals surface area (Å²) in [6.07, 6.45) is 3.84. The molecule has 1 saturated carbocycles. The number of piperidine rings is 1. The maximum Gasteiger partial charge on any atom is 0.214 e. The molecule has 4 nitrogen and oxygen atoms in total. The van der Waals surface area contributed by atoms with Gasteiger partial charge in [0.15, 0.2) is 0 Å². The number of rotatable bonds is 4. The normalized spacial score (nSPS) is 26.5. The fourth-order valence-electron chi connectivity index (χ4n) is 2.17. The van der Waals surface area contributed by atoms with Crippen molar-refractivity contribution < 1.29 is 8.42 Å². The van der Waals surface area contributed by atoms with Gasteiger partial charge in [0.1, 0.15) is 0 Å². The Hall–Kier alpha value is -0.130. The second kappa shape index (κ2) is 4.39. The quantitative estimate of drug-likeness (QED) is 0.740. The van der Waals surface area contributed by atoms with E-state index in [4.69, 9.17) is 0 Å². The van der Waals surface area contributed by atoms with Crippen LogP contribution in [0.15, 0.2) is 0 Å². The predicted octanol–water partition coefficient (Wildman–Crippen LogP) is 0.456. The molecule has 88 valence electrons. The lowest BCUT2D eigenvalue weighted by Crippen LogP contribution is -2.43. The molecule has 1 atom stereocenters. The van der Waals surface area contributed by atoms with Gasteiger partial charge in [-0.25, -0.2) is 13.1 Å². The van der Waals surface area contributed by atoms with E-state index in [1.54, 1.807) is 0 Å². The summed E-state index contributed by atoms with van der Waals surface area (Å²) in [4.78, 5) is 0. The molecular formula is C10H20N2O2S. The lowest BCUT2D eigenvalue weighted by Gasteiger charge is -2.28. The Labute approximate surface area is 91.9 Å². The molecule has 0 aromatic rings. The van der Waals surface area contributed by atoms with E-state index in [9.17, 15) is 8.42 Å². The summed E-state index contributed by atoms with van der Waals surface area (Å²) >= 11 is 0. The largest absolute Gasteiger partial charge is 0.317 e. The van der Waals surface area contributed by atoms with Crippen LogP contribution >= 0.6 is 0 Å². The Morgan fingerprint density at radius 2 is 1.80 bits per heavy atom. The summed E-state index contributed by atoms with van der Waals surface area (Å²) in [6, 6.07) is 0.0951. The molecule has 5 heteroatoms. The van der Waals surface area contributed by atoms with Crippen molar-refractivity contribution in [3.8, 4) is 0 Å². The van der Waals surface area contributed by atoms with E-state index in [-0.39, 0.29) is 11.3 Å².